The van der Waals surface area contributed by atoms with Crippen molar-refractivity contribution in [3.63, 3.8) is 0 Å². The SMILES string of the molecule is CNCc1cnc(N(CC(C)C)C2CC2)nc1. The minimum absolute atomic E-state index is 0.649. The number of anilines is 1. The lowest BCUT2D eigenvalue weighted by molar-refractivity contribution is 0.596. The lowest BCUT2D eigenvalue weighted by Crippen LogP contribution is -2.31. The molecule has 0 amide bonds. The summed E-state index contributed by atoms with van der Waals surface area (Å²) in [4.78, 5) is 11.3. The van der Waals surface area contributed by atoms with Crippen LogP contribution in [0.3, 0.4) is 0 Å². The first kappa shape index (κ1) is 12.3. The molecule has 4 heteroatoms. The first-order chi connectivity index (χ1) is 8.20. The van der Waals surface area contributed by atoms with Crippen molar-refractivity contribution in [2.24, 2.45) is 5.92 Å². The summed E-state index contributed by atoms with van der Waals surface area (Å²) in [7, 11) is 1.93. The van der Waals surface area contributed by atoms with E-state index in [0.29, 0.717) is 12.0 Å². The van der Waals surface area contributed by atoms with Crippen LogP contribution in [0.5, 0.6) is 0 Å². The highest BCUT2D eigenvalue weighted by Crippen LogP contribution is 2.30. The molecule has 17 heavy (non-hydrogen) atoms. The van der Waals surface area contributed by atoms with Crippen molar-refractivity contribution in [1.29, 1.82) is 0 Å². The van der Waals surface area contributed by atoms with Gasteiger partial charge in [-0.2, -0.15) is 0 Å². The number of rotatable bonds is 6. The zero-order valence-electron chi connectivity index (χ0n) is 11.0. The number of nitrogens with one attached hydrogen (secondary N) is 1. The summed E-state index contributed by atoms with van der Waals surface area (Å²) >= 11 is 0. The van der Waals surface area contributed by atoms with Gasteiger partial charge in [-0.05, 0) is 25.8 Å². The van der Waals surface area contributed by atoms with Crippen molar-refractivity contribution in [2.75, 3.05) is 18.5 Å². The van der Waals surface area contributed by atoms with Crippen LogP contribution in [-0.2, 0) is 6.54 Å². The summed E-state index contributed by atoms with van der Waals surface area (Å²) in [5, 5.41) is 3.11. The largest absolute Gasteiger partial charge is 0.338 e. The number of aromatic nitrogens is 2. The molecule has 1 aromatic heterocycles. The summed E-state index contributed by atoms with van der Waals surface area (Å²) in [5.74, 6) is 1.54. The van der Waals surface area contributed by atoms with Gasteiger partial charge in [0.1, 0.15) is 0 Å². The first-order valence-electron chi connectivity index (χ1n) is 6.43. The first-order valence-corrected chi connectivity index (χ1v) is 6.43. The minimum Gasteiger partial charge on any atom is -0.338 e. The summed E-state index contributed by atoms with van der Waals surface area (Å²) in [5.41, 5.74) is 1.14. The zero-order chi connectivity index (χ0) is 12.3. The molecular weight excluding hydrogens is 212 g/mol. The molecule has 1 N–H and O–H groups in total. The minimum atomic E-state index is 0.649. The van der Waals surface area contributed by atoms with E-state index >= 15 is 0 Å². The molecule has 1 fully saturated rings. The molecule has 1 aliphatic carbocycles. The highest BCUT2D eigenvalue weighted by atomic mass is 15.3. The third kappa shape index (κ3) is 3.40. The van der Waals surface area contributed by atoms with Gasteiger partial charge >= 0.3 is 0 Å². The Balaban J connectivity index is 2.07. The normalized spacial score (nSPS) is 15.3. The predicted molar refractivity (Wildman–Crippen MR) is 70.0 cm³/mol. The van der Waals surface area contributed by atoms with Crippen molar-refractivity contribution in [3.05, 3.63) is 18.0 Å². The molecule has 0 aromatic carbocycles. The van der Waals surface area contributed by atoms with E-state index in [1.807, 2.05) is 19.4 Å². The van der Waals surface area contributed by atoms with Gasteiger partial charge in [0.05, 0.1) is 0 Å². The maximum Gasteiger partial charge on any atom is 0.225 e. The molecule has 2 rings (SSSR count). The lowest BCUT2D eigenvalue weighted by atomic mass is 10.2. The van der Waals surface area contributed by atoms with Crippen molar-refractivity contribution in [2.45, 2.75) is 39.3 Å². The fraction of sp³-hybridized carbons (Fsp3) is 0.692. The van der Waals surface area contributed by atoms with Crippen molar-refractivity contribution in [1.82, 2.24) is 15.3 Å². The smallest absolute Gasteiger partial charge is 0.225 e. The van der Waals surface area contributed by atoms with Crippen molar-refractivity contribution < 1.29 is 0 Å². The van der Waals surface area contributed by atoms with E-state index in [1.165, 1.54) is 12.8 Å². The second-order valence-electron chi connectivity index (χ2n) is 5.20. The van der Waals surface area contributed by atoms with Gasteiger partial charge in [0.25, 0.3) is 0 Å². The van der Waals surface area contributed by atoms with Gasteiger partial charge in [-0.1, -0.05) is 13.8 Å². The molecule has 1 aliphatic rings. The summed E-state index contributed by atoms with van der Waals surface area (Å²) in [6.45, 7) is 6.36. The fourth-order valence-electron chi connectivity index (χ4n) is 1.97. The Hall–Kier alpha value is -1.16. The highest BCUT2D eigenvalue weighted by molar-refractivity contribution is 5.34. The van der Waals surface area contributed by atoms with Crippen LogP contribution < -0.4 is 10.2 Å². The molecule has 1 saturated carbocycles. The summed E-state index contributed by atoms with van der Waals surface area (Å²) in [6, 6.07) is 0.674. The molecular formula is C13H22N4. The van der Waals surface area contributed by atoms with Gasteiger partial charge in [0.2, 0.25) is 5.95 Å². The lowest BCUT2D eigenvalue weighted by Gasteiger charge is -2.24. The highest BCUT2D eigenvalue weighted by Gasteiger charge is 2.30. The molecule has 4 nitrogen and oxygen atoms in total. The topological polar surface area (TPSA) is 41.1 Å². The van der Waals surface area contributed by atoms with E-state index in [0.717, 1.165) is 24.6 Å². The van der Waals surface area contributed by atoms with Crippen LogP contribution in [0.4, 0.5) is 5.95 Å². The molecule has 0 unspecified atom stereocenters. The second kappa shape index (κ2) is 5.45. The van der Waals surface area contributed by atoms with Gasteiger partial charge in [0.15, 0.2) is 0 Å². The second-order valence-corrected chi connectivity index (χ2v) is 5.20. The zero-order valence-corrected chi connectivity index (χ0v) is 11.0. The Labute approximate surface area is 103 Å². The molecule has 0 spiro atoms. The fourth-order valence-corrected chi connectivity index (χ4v) is 1.97. The molecule has 1 heterocycles. The van der Waals surface area contributed by atoms with Gasteiger partial charge in [-0.25, -0.2) is 9.97 Å². The molecule has 0 aliphatic heterocycles. The van der Waals surface area contributed by atoms with Crippen LogP contribution >= 0.6 is 0 Å². The maximum absolute atomic E-state index is 4.49. The van der Waals surface area contributed by atoms with E-state index in [4.69, 9.17) is 0 Å². The third-order valence-corrected chi connectivity index (χ3v) is 2.88. The molecule has 0 bridgehead atoms. The monoisotopic (exact) mass is 234 g/mol. The number of hydrogen-bond donors (Lipinski definition) is 1. The molecule has 0 saturated heterocycles. The van der Waals surface area contributed by atoms with Gasteiger partial charge in [-0.15, -0.1) is 0 Å². The van der Waals surface area contributed by atoms with Crippen LogP contribution in [0.25, 0.3) is 0 Å². The third-order valence-electron chi connectivity index (χ3n) is 2.88. The Morgan fingerprint density at radius 1 is 1.35 bits per heavy atom. The van der Waals surface area contributed by atoms with Crippen molar-refractivity contribution >= 4 is 5.95 Å². The molecule has 94 valence electrons. The van der Waals surface area contributed by atoms with Crippen LogP contribution in [0, 0.1) is 5.92 Å². The summed E-state index contributed by atoms with van der Waals surface area (Å²) < 4.78 is 0. The van der Waals surface area contributed by atoms with Gasteiger partial charge < -0.3 is 10.2 Å². The molecule has 0 radical (unpaired) electrons. The average Bonchev–Trinajstić information content (AvgIpc) is 3.11. The quantitative estimate of drug-likeness (QED) is 0.815. The van der Waals surface area contributed by atoms with Crippen LogP contribution in [0.15, 0.2) is 12.4 Å². The van der Waals surface area contributed by atoms with E-state index in [9.17, 15) is 0 Å². The predicted octanol–water partition coefficient (Wildman–Crippen LogP) is 1.82. The Morgan fingerprint density at radius 3 is 2.47 bits per heavy atom. The Morgan fingerprint density at radius 2 is 2.00 bits per heavy atom. The van der Waals surface area contributed by atoms with E-state index in [-0.39, 0.29) is 0 Å². The van der Waals surface area contributed by atoms with Crippen LogP contribution in [-0.4, -0.2) is 29.6 Å². The maximum atomic E-state index is 4.49. The Kier molecular flexibility index (Phi) is 3.94. The summed E-state index contributed by atoms with van der Waals surface area (Å²) in [6.07, 6.45) is 6.42. The molecule has 1 aromatic rings. The number of nitrogens with zero attached hydrogens (tertiary/aromatic N) is 3. The Bertz CT molecular complexity index is 343. The van der Waals surface area contributed by atoms with Crippen LogP contribution in [0.2, 0.25) is 0 Å². The van der Waals surface area contributed by atoms with Gasteiger partial charge in [0, 0.05) is 37.1 Å². The van der Waals surface area contributed by atoms with Crippen molar-refractivity contribution in [3.8, 4) is 0 Å². The standard InChI is InChI=1S/C13H22N4/c1-10(2)9-17(12-4-5-12)13-15-7-11(6-14-3)8-16-13/h7-8,10,12,14H,4-6,9H2,1-3H3. The van der Waals surface area contributed by atoms with Crippen LogP contribution in [0.1, 0.15) is 32.3 Å². The van der Waals surface area contributed by atoms with Gasteiger partial charge in [-0.3, -0.25) is 0 Å². The van der Waals surface area contributed by atoms with E-state index in [1.54, 1.807) is 0 Å². The number of hydrogen-bond acceptors (Lipinski definition) is 4. The molecule has 0 atom stereocenters. The van der Waals surface area contributed by atoms with E-state index < -0.39 is 0 Å². The van der Waals surface area contributed by atoms with E-state index in [2.05, 4.69) is 34.0 Å². The average molecular weight is 234 g/mol.